The molecule has 0 spiro atoms. The summed E-state index contributed by atoms with van der Waals surface area (Å²) < 4.78 is 0. The summed E-state index contributed by atoms with van der Waals surface area (Å²) in [6.45, 7) is 0. The molecule has 0 aromatic carbocycles. The van der Waals surface area contributed by atoms with Gasteiger partial charge in [0.1, 0.15) is 0 Å². The van der Waals surface area contributed by atoms with Crippen LogP contribution in [-0.4, -0.2) is 22.2 Å². The minimum atomic E-state index is -1.08. The van der Waals surface area contributed by atoms with E-state index in [0.717, 1.165) is 0 Å². The third kappa shape index (κ3) is 10.4. The second-order valence-electron chi connectivity index (χ2n) is 2.72. The molecule has 0 aromatic rings. The lowest BCUT2D eigenvalue weighted by molar-refractivity contribution is -0.143. The molecule has 0 radical (unpaired) electrons. The van der Waals surface area contributed by atoms with Crippen LogP contribution in [0.1, 0.15) is 25.7 Å². The quantitative estimate of drug-likeness (QED) is 0.725. The van der Waals surface area contributed by atoms with Gasteiger partial charge in [0.2, 0.25) is 0 Å². The highest BCUT2D eigenvalue weighted by Crippen LogP contribution is 1.98. The van der Waals surface area contributed by atoms with Crippen LogP contribution in [0.4, 0.5) is 0 Å². The van der Waals surface area contributed by atoms with E-state index in [-0.39, 0.29) is 12.8 Å². The molecular weight excluding hydrogens is 184 g/mol. The van der Waals surface area contributed by atoms with Gasteiger partial charge in [0.25, 0.3) is 0 Å². The SMILES string of the molecule is C1=CCCC=C1.O=C(O)CCC(=O)O. The number of carbonyl (C=O) groups is 2. The maximum atomic E-state index is 9.64. The maximum Gasteiger partial charge on any atom is 0.303 e. The zero-order chi connectivity index (χ0) is 10.8. The highest BCUT2D eigenvalue weighted by Gasteiger charge is 2.00. The van der Waals surface area contributed by atoms with Crippen LogP contribution in [0.15, 0.2) is 24.3 Å². The van der Waals surface area contributed by atoms with Gasteiger partial charge in [0.15, 0.2) is 0 Å². The van der Waals surface area contributed by atoms with Crippen LogP contribution in [0.5, 0.6) is 0 Å². The average molecular weight is 198 g/mol. The van der Waals surface area contributed by atoms with Crippen molar-refractivity contribution in [1.82, 2.24) is 0 Å². The molecule has 0 saturated heterocycles. The first kappa shape index (κ1) is 12.4. The van der Waals surface area contributed by atoms with Gasteiger partial charge in [-0.1, -0.05) is 24.3 Å². The van der Waals surface area contributed by atoms with E-state index in [0.29, 0.717) is 0 Å². The summed E-state index contributed by atoms with van der Waals surface area (Å²) >= 11 is 0. The monoisotopic (exact) mass is 198 g/mol. The van der Waals surface area contributed by atoms with Gasteiger partial charge in [-0.15, -0.1) is 0 Å². The number of carboxylic acids is 2. The average Bonchev–Trinajstić information content (AvgIpc) is 2.18. The van der Waals surface area contributed by atoms with E-state index in [2.05, 4.69) is 24.3 Å². The third-order valence-electron chi connectivity index (χ3n) is 1.44. The van der Waals surface area contributed by atoms with E-state index < -0.39 is 11.9 Å². The summed E-state index contributed by atoms with van der Waals surface area (Å²) in [7, 11) is 0. The summed E-state index contributed by atoms with van der Waals surface area (Å²) in [6.07, 6.45) is 10.4. The molecule has 0 aliphatic heterocycles. The first-order valence-corrected chi connectivity index (χ1v) is 4.38. The van der Waals surface area contributed by atoms with Crippen LogP contribution < -0.4 is 0 Å². The number of aliphatic carboxylic acids is 2. The van der Waals surface area contributed by atoms with Gasteiger partial charge in [-0.3, -0.25) is 9.59 Å². The molecule has 0 amide bonds. The van der Waals surface area contributed by atoms with Crippen molar-refractivity contribution in [3.8, 4) is 0 Å². The highest BCUT2D eigenvalue weighted by atomic mass is 16.4. The smallest absolute Gasteiger partial charge is 0.303 e. The molecular formula is C10H14O4. The largest absolute Gasteiger partial charge is 0.481 e. The van der Waals surface area contributed by atoms with E-state index in [1.165, 1.54) is 12.8 Å². The standard InChI is InChI=1S/C6H8.C4H6O4/c1-2-4-6-5-3-1;5-3(6)1-2-4(7)8/h1-4H,5-6H2;1-2H2,(H,5,6)(H,7,8). The van der Waals surface area contributed by atoms with Crippen LogP contribution in [0.25, 0.3) is 0 Å². The second-order valence-corrected chi connectivity index (χ2v) is 2.72. The lowest BCUT2D eigenvalue weighted by atomic mass is 10.2. The molecule has 0 heterocycles. The molecule has 78 valence electrons. The van der Waals surface area contributed by atoms with Crippen LogP contribution in [0.2, 0.25) is 0 Å². The Balaban J connectivity index is 0.000000249. The van der Waals surface area contributed by atoms with E-state index in [1.54, 1.807) is 0 Å². The Labute approximate surface area is 82.6 Å². The summed E-state index contributed by atoms with van der Waals surface area (Å²) in [5.74, 6) is -2.15. The number of hydrogen-bond donors (Lipinski definition) is 2. The second kappa shape index (κ2) is 8.04. The Bertz CT molecular complexity index is 215. The van der Waals surface area contributed by atoms with Gasteiger partial charge in [-0.2, -0.15) is 0 Å². The summed E-state index contributed by atoms with van der Waals surface area (Å²) in [5, 5.41) is 15.8. The van der Waals surface area contributed by atoms with Gasteiger partial charge >= 0.3 is 11.9 Å². The van der Waals surface area contributed by atoms with Crippen LogP contribution in [-0.2, 0) is 9.59 Å². The van der Waals surface area contributed by atoms with Crippen molar-refractivity contribution in [2.24, 2.45) is 0 Å². The lowest BCUT2D eigenvalue weighted by Crippen LogP contribution is -2.00. The van der Waals surface area contributed by atoms with E-state index in [9.17, 15) is 9.59 Å². The predicted octanol–water partition coefficient (Wildman–Crippen LogP) is 1.83. The van der Waals surface area contributed by atoms with Crippen LogP contribution in [0, 0.1) is 0 Å². The minimum Gasteiger partial charge on any atom is -0.481 e. The van der Waals surface area contributed by atoms with Gasteiger partial charge in [0, 0.05) is 0 Å². The number of hydrogen-bond acceptors (Lipinski definition) is 2. The Kier molecular flexibility index (Phi) is 7.13. The molecule has 0 bridgehead atoms. The van der Waals surface area contributed by atoms with E-state index in [4.69, 9.17) is 10.2 Å². The Morgan fingerprint density at radius 2 is 1.29 bits per heavy atom. The first-order valence-electron chi connectivity index (χ1n) is 4.38. The fraction of sp³-hybridized carbons (Fsp3) is 0.400. The zero-order valence-corrected chi connectivity index (χ0v) is 7.85. The number of carboxylic acid groups (broad SMARTS) is 2. The zero-order valence-electron chi connectivity index (χ0n) is 7.85. The fourth-order valence-corrected chi connectivity index (χ4v) is 0.756. The summed E-state index contributed by atoms with van der Waals surface area (Å²) in [6, 6.07) is 0. The normalized spacial score (nSPS) is 12.9. The molecule has 1 rings (SSSR count). The van der Waals surface area contributed by atoms with Crippen molar-refractivity contribution in [1.29, 1.82) is 0 Å². The predicted molar refractivity (Wildman–Crippen MR) is 52.0 cm³/mol. The molecule has 2 N–H and O–H groups in total. The molecule has 1 aliphatic carbocycles. The number of allylic oxidation sites excluding steroid dienone is 4. The first-order chi connectivity index (χ1) is 6.63. The van der Waals surface area contributed by atoms with Gasteiger partial charge in [-0.25, -0.2) is 0 Å². The molecule has 0 aromatic heterocycles. The summed E-state index contributed by atoms with van der Waals surface area (Å²) in [4.78, 5) is 19.3. The van der Waals surface area contributed by atoms with Gasteiger partial charge in [0.05, 0.1) is 12.8 Å². The molecule has 4 heteroatoms. The highest BCUT2D eigenvalue weighted by molar-refractivity contribution is 5.75. The Morgan fingerprint density at radius 3 is 1.43 bits per heavy atom. The van der Waals surface area contributed by atoms with Crippen molar-refractivity contribution >= 4 is 11.9 Å². The number of rotatable bonds is 3. The third-order valence-corrected chi connectivity index (χ3v) is 1.44. The lowest BCUT2D eigenvalue weighted by Gasteiger charge is -1.88. The van der Waals surface area contributed by atoms with E-state index in [1.807, 2.05) is 0 Å². The van der Waals surface area contributed by atoms with Crippen molar-refractivity contribution in [2.75, 3.05) is 0 Å². The molecule has 0 fully saturated rings. The molecule has 4 nitrogen and oxygen atoms in total. The Morgan fingerprint density at radius 1 is 0.929 bits per heavy atom. The molecule has 14 heavy (non-hydrogen) atoms. The molecule has 0 unspecified atom stereocenters. The van der Waals surface area contributed by atoms with Crippen molar-refractivity contribution in [3.63, 3.8) is 0 Å². The molecule has 0 atom stereocenters. The van der Waals surface area contributed by atoms with Crippen LogP contribution >= 0.6 is 0 Å². The minimum absolute atomic E-state index is 0.296. The molecule has 1 aliphatic rings. The fourth-order valence-electron chi connectivity index (χ4n) is 0.756. The maximum absolute atomic E-state index is 9.64. The van der Waals surface area contributed by atoms with Gasteiger partial charge in [-0.05, 0) is 12.8 Å². The molecule has 0 saturated carbocycles. The van der Waals surface area contributed by atoms with E-state index >= 15 is 0 Å². The topological polar surface area (TPSA) is 74.6 Å². The van der Waals surface area contributed by atoms with Crippen molar-refractivity contribution in [2.45, 2.75) is 25.7 Å². The summed E-state index contributed by atoms with van der Waals surface area (Å²) in [5.41, 5.74) is 0. The van der Waals surface area contributed by atoms with Gasteiger partial charge < -0.3 is 10.2 Å². The van der Waals surface area contributed by atoms with Crippen molar-refractivity contribution in [3.05, 3.63) is 24.3 Å². The van der Waals surface area contributed by atoms with Crippen molar-refractivity contribution < 1.29 is 19.8 Å². The van der Waals surface area contributed by atoms with Crippen LogP contribution in [0.3, 0.4) is 0 Å². The Hall–Kier alpha value is -1.58.